The lowest BCUT2D eigenvalue weighted by Gasteiger charge is -1.97. The number of phenolic OH excluding ortho intramolecular Hbond substituents is 1. The van der Waals surface area contributed by atoms with Crippen molar-refractivity contribution in [2.75, 3.05) is 0 Å². The fourth-order valence-corrected chi connectivity index (χ4v) is 0.886. The minimum Gasteiger partial charge on any atom is -0.506 e. The zero-order valence-corrected chi connectivity index (χ0v) is 6.25. The summed E-state index contributed by atoms with van der Waals surface area (Å²) < 4.78 is 12.6. The highest BCUT2D eigenvalue weighted by molar-refractivity contribution is 6.35. The van der Waals surface area contributed by atoms with Crippen LogP contribution in [0.4, 0.5) is 4.39 Å². The third-order valence-corrected chi connectivity index (χ3v) is 1.67. The Balaban J connectivity index is 3.34. The highest BCUT2D eigenvalue weighted by atomic mass is 35.5. The fourth-order valence-electron chi connectivity index (χ4n) is 0.516. The van der Waals surface area contributed by atoms with Crippen LogP contribution in [0.15, 0.2) is 12.1 Å². The van der Waals surface area contributed by atoms with Gasteiger partial charge < -0.3 is 5.11 Å². The number of aromatic hydroxyl groups is 1. The molecular formula is C6H3Cl2FO. The summed E-state index contributed by atoms with van der Waals surface area (Å²) >= 11 is 10.6. The van der Waals surface area contributed by atoms with Crippen LogP contribution in [-0.4, -0.2) is 5.11 Å². The normalized spacial score (nSPS) is 9.90. The molecule has 0 aromatic heterocycles. The lowest BCUT2D eigenvalue weighted by molar-refractivity contribution is 0.469. The van der Waals surface area contributed by atoms with E-state index in [4.69, 9.17) is 28.3 Å². The average Bonchev–Trinajstić information content (AvgIpc) is 1.93. The highest BCUT2D eigenvalue weighted by Crippen LogP contribution is 2.30. The van der Waals surface area contributed by atoms with E-state index in [1.165, 1.54) is 12.1 Å². The van der Waals surface area contributed by atoms with Gasteiger partial charge in [0.2, 0.25) is 0 Å². The van der Waals surface area contributed by atoms with Crippen molar-refractivity contribution in [1.82, 2.24) is 0 Å². The molecule has 1 rings (SSSR count). The van der Waals surface area contributed by atoms with Gasteiger partial charge in [0.25, 0.3) is 0 Å². The molecule has 0 amide bonds. The lowest BCUT2D eigenvalue weighted by atomic mass is 10.3. The summed E-state index contributed by atoms with van der Waals surface area (Å²) in [6.45, 7) is 0. The second-order valence-corrected chi connectivity index (χ2v) is 2.48. The minimum absolute atomic E-state index is 0.0946. The first-order valence-corrected chi connectivity index (χ1v) is 3.21. The van der Waals surface area contributed by atoms with Gasteiger partial charge in [-0.3, -0.25) is 0 Å². The molecule has 0 unspecified atom stereocenters. The lowest BCUT2D eigenvalue weighted by Crippen LogP contribution is -1.78. The Bertz CT molecular complexity index is 235. The summed E-state index contributed by atoms with van der Waals surface area (Å²) in [6, 6.07) is 2.46. The van der Waals surface area contributed by atoms with Gasteiger partial charge in [0.1, 0.15) is 10.8 Å². The molecule has 1 nitrogen and oxygen atoms in total. The summed E-state index contributed by atoms with van der Waals surface area (Å²) in [6.07, 6.45) is 0. The molecule has 1 N–H and O–H groups in total. The van der Waals surface area contributed by atoms with Crippen molar-refractivity contribution in [3.8, 4) is 5.75 Å². The molecule has 0 spiro atoms. The summed E-state index contributed by atoms with van der Waals surface area (Å²) in [7, 11) is 0. The standard InChI is InChI=1S/C6H3Cl2FO/c7-3-1-2-4(10)5(8)6(3)9/h1-2,10H. The first kappa shape index (κ1) is 7.63. The fraction of sp³-hybridized carbons (Fsp3) is 0. The zero-order chi connectivity index (χ0) is 7.72. The Morgan fingerprint density at radius 2 is 1.90 bits per heavy atom. The summed E-state index contributed by atoms with van der Waals surface area (Å²) in [4.78, 5) is 0. The first-order chi connectivity index (χ1) is 4.63. The van der Waals surface area contributed by atoms with Crippen LogP contribution >= 0.6 is 23.2 Å². The van der Waals surface area contributed by atoms with E-state index >= 15 is 0 Å². The molecule has 1 aromatic carbocycles. The van der Waals surface area contributed by atoms with E-state index in [2.05, 4.69) is 0 Å². The molecule has 0 aliphatic rings. The van der Waals surface area contributed by atoms with Crippen LogP contribution in [0.3, 0.4) is 0 Å². The van der Waals surface area contributed by atoms with Gasteiger partial charge in [-0.15, -0.1) is 0 Å². The molecule has 0 fully saturated rings. The van der Waals surface area contributed by atoms with Crippen LogP contribution in [0.2, 0.25) is 10.0 Å². The van der Waals surface area contributed by atoms with Gasteiger partial charge in [-0.25, -0.2) is 4.39 Å². The number of hydrogen-bond donors (Lipinski definition) is 1. The Morgan fingerprint density at radius 3 is 2.40 bits per heavy atom. The first-order valence-electron chi connectivity index (χ1n) is 2.45. The quantitative estimate of drug-likeness (QED) is 0.610. The molecule has 0 saturated heterocycles. The Hall–Kier alpha value is -0.470. The van der Waals surface area contributed by atoms with Crippen LogP contribution < -0.4 is 0 Å². The van der Waals surface area contributed by atoms with Crippen molar-refractivity contribution < 1.29 is 9.50 Å². The molecule has 0 radical (unpaired) electrons. The third kappa shape index (κ3) is 1.18. The van der Waals surface area contributed by atoms with Crippen LogP contribution in [0.25, 0.3) is 0 Å². The number of rotatable bonds is 0. The number of benzene rings is 1. The maximum absolute atomic E-state index is 12.6. The maximum Gasteiger partial charge on any atom is 0.164 e. The van der Waals surface area contributed by atoms with E-state index in [9.17, 15) is 4.39 Å². The van der Waals surface area contributed by atoms with Crippen molar-refractivity contribution in [3.05, 3.63) is 28.0 Å². The van der Waals surface area contributed by atoms with E-state index in [0.29, 0.717) is 0 Å². The van der Waals surface area contributed by atoms with E-state index in [-0.39, 0.29) is 15.8 Å². The van der Waals surface area contributed by atoms with Gasteiger partial charge in [-0.2, -0.15) is 0 Å². The molecule has 0 saturated carbocycles. The number of phenols is 1. The molecule has 0 bridgehead atoms. The topological polar surface area (TPSA) is 20.2 Å². The van der Waals surface area contributed by atoms with Crippen molar-refractivity contribution in [1.29, 1.82) is 0 Å². The van der Waals surface area contributed by atoms with Crippen LogP contribution in [0.1, 0.15) is 0 Å². The van der Waals surface area contributed by atoms with Gasteiger partial charge >= 0.3 is 0 Å². The minimum atomic E-state index is -0.789. The van der Waals surface area contributed by atoms with Crippen molar-refractivity contribution in [2.45, 2.75) is 0 Å². The van der Waals surface area contributed by atoms with Gasteiger partial charge in [-0.05, 0) is 12.1 Å². The number of hydrogen-bond acceptors (Lipinski definition) is 1. The average molecular weight is 181 g/mol. The SMILES string of the molecule is Oc1ccc(Cl)c(F)c1Cl. The molecule has 0 atom stereocenters. The van der Waals surface area contributed by atoms with Crippen molar-refractivity contribution in [3.63, 3.8) is 0 Å². The van der Waals surface area contributed by atoms with Crippen LogP contribution in [-0.2, 0) is 0 Å². The second kappa shape index (κ2) is 2.64. The van der Waals surface area contributed by atoms with Crippen LogP contribution in [0, 0.1) is 5.82 Å². The van der Waals surface area contributed by atoms with Crippen molar-refractivity contribution in [2.24, 2.45) is 0 Å². The zero-order valence-electron chi connectivity index (χ0n) is 4.74. The number of halogens is 3. The third-order valence-electron chi connectivity index (χ3n) is 1.01. The van der Waals surface area contributed by atoms with E-state index in [1.807, 2.05) is 0 Å². The summed E-state index contributed by atoms with van der Waals surface area (Å²) in [5.74, 6) is -1.09. The highest BCUT2D eigenvalue weighted by Gasteiger charge is 2.07. The monoisotopic (exact) mass is 180 g/mol. The smallest absolute Gasteiger partial charge is 0.164 e. The molecule has 1 aromatic rings. The largest absolute Gasteiger partial charge is 0.506 e. The molecule has 4 heteroatoms. The Kier molecular flexibility index (Phi) is 2.02. The predicted octanol–water partition coefficient (Wildman–Crippen LogP) is 2.84. The van der Waals surface area contributed by atoms with Crippen molar-refractivity contribution >= 4 is 23.2 Å². The molecular weight excluding hydrogens is 178 g/mol. The molecule has 0 heterocycles. The molecule has 0 aliphatic carbocycles. The van der Waals surface area contributed by atoms with Crippen LogP contribution in [0.5, 0.6) is 5.75 Å². The summed E-state index contributed by atoms with van der Waals surface area (Å²) in [5.41, 5.74) is 0. The van der Waals surface area contributed by atoms with E-state index < -0.39 is 5.82 Å². The molecule has 54 valence electrons. The Labute approximate surface area is 67.0 Å². The summed E-state index contributed by atoms with van der Waals surface area (Å²) in [5, 5.41) is 8.36. The molecule has 10 heavy (non-hydrogen) atoms. The van der Waals surface area contributed by atoms with Gasteiger partial charge in [0, 0.05) is 0 Å². The van der Waals surface area contributed by atoms with Gasteiger partial charge in [0.15, 0.2) is 5.82 Å². The molecule has 0 aliphatic heterocycles. The van der Waals surface area contributed by atoms with E-state index in [1.54, 1.807) is 0 Å². The second-order valence-electron chi connectivity index (χ2n) is 1.69. The Morgan fingerprint density at radius 1 is 1.30 bits per heavy atom. The van der Waals surface area contributed by atoms with Gasteiger partial charge in [-0.1, -0.05) is 23.2 Å². The van der Waals surface area contributed by atoms with Gasteiger partial charge in [0.05, 0.1) is 5.02 Å². The van der Waals surface area contributed by atoms with E-state index in [0.717, 1.165) is 0 Å². The maximum atomic E-state index is 12.6. The predicted molar refractivity (Wildman–Crippen MR) is 38.1 cm³/mol.